The third-order valence-electron chi connectivity index (χ3n) is 5.30. The van der Waals surface area contributed by atoms with Crippen molar-refractivity contribution in [2.24, 2.45) is 0 Å². The van der Waals surface area contributed by atoms with Gasteiger partial charge in [0.2, 0.25) is 5.91 Å². The highest BCUT2D eigenvalue weighted by molar-refractivity contribution is 6.39. The van der Waals surface area contributed by atoms with E-state index in [0.717, 1.165) is 26.2 Å². The summed E-state index contributed by atoms with van der Waals surface area (Å²) >= 11 is 12.2. The molecule has 0 bridgehead atoms. The van der Waals surface area contributed by atoms with Crippen LogP contribution in [0.15, 0.2) is 18.2 Å². The van der Waals surface area contributed by atoms with Gasteiger partial charge in [0.1, 0.15) is 0 Å². The van der Waals surface area contributed by atoms with Crippen LogP contribution in [0.1, 0.15) is 38.5 Å². The van der Waals surface area contributed by atoms with Crippen molar-refractivity contribution in [3.05, 3.63) is 28.2 Å². The molecule has 1 aliphatic carbocycles. The molecule has 2 fully saturated rings. The Balaban J connectivity index is 1.58. The second kappa shape index (κ2) is 8.05. The van der Waals surface area contributed by atoms with Crippen molar-refractivity contribution in [2.45, 2.75) is 44.1 Å². The minimum absolute atomic E-state index is 0.0329. The Morgan fingerprint density at radius 3 is 2.62 bits per heavy atom. The van der Waals surface area contributed by atoms with Gasteiger partial charge in [0, 0.05) is 38.1 Å². The summed E-state index contributed by atoms with van der Waals surface area (Å²) in [4.78, 5) is 14.9. The van der Waals surface area contributed by atoms with Crippen molar-refractivity contribution >= 4 is 34.8 Å². The van der Waals surface area contributed by atoms with Gasteiger partial charge in [-0.1, -0.05) is 48.5 Å². The van der Waals surface area contributed by atoms with Crippen LogP contribution in [0.2, 0.25) is 10.0 Å². The number of halogens is 2. The molecule has 1 saturated carbocycles. The first-order valence-electron chi connectivity index (χ1n) is 8.80. The quantitative estimate of drug-likeness (QED) is 0.844. The number of hydrogen-bond acceptors (Lipinski definition) is 3. The monoisotopic (exact) mass is 369 g/mol. The third-order valence-corrected chi connectivity index (χ3v) is 5.93. The van der Waals surface area contributed by atoms with Crippen LogP contribution in [0.25, 0.3) is 0 Å². The summed E-state index contributed by atoms with van der Waals surface area (Å²) in [6.07, 6.45) is 6.85. The normalized spacial score (nSPS) is 20.9. The molecule has 1 aromatic rings. The molecule has 1 aliphatic heterocycles. The van der Waals surface area contributed by atoms with E-state index in [-0.39, 0.29) is 11.4 Å². The third kappa shape index (κ3) is 4.05. The lowest BCUT2D eigenvalue weighted by Gasteiger charge is -2.50. The van der Waals surface area contributed by atoms with Gasteiger partial charge in [-0.05, 0) is 25.0 Å². The van der Waals surface area contributed by atoms with Gasteiger partial charge in [0.25, 0.3) is 0 Å². The van der Waals surface area contributed by atoms with E-state index in [1.807, 2.05) is 0 Å². The molecule has 0 atom stereocenters. The average molecular weight is 370 g/mol. The fourth-order valence-corrected chi connectivity index (χ4v) is 4.48. The van der Waals surface area contributed by atoms with Gasteiger partial charge >= 0.3 is 0 Å². The lowest BCUT2D eigenvalue weighted by molar-refractivity contribution is -0.117. The van der Waals surface area contributed by atoms with Crippen molar-refractivity contribution in [3.8, 4) is 0 Å². The highest BCUT2D eigenvalue weighted by atomic mass is 35.5. The molecule has 2 aliphatic rings. The Kier molecular flexibility index (Phi) is 6.03. The molecule has 0 aromatic heterocycles. The maximum atomic E-state index is 12.4. The van der Waals surface area contributed by atoms with E-state index in [9.17, 15) is 4.79 Å². The number of carbonyl (C=O) groups excluding carboxylic acids is 1. The molecular weight excluding hydrogens is 345 g/mol. The number of carbonyl (C=O) groups is 1. The molecule has 1 spiro atoms. The number of piperazine rings is 1. The molecule has 6 heteroatoms. The van der Waals surface area contributed by atoms with Gasteiger partial charge in [-0.25, -0.2) is 0 Å². The number of hydrogen-bond donors (Lipinski definition) is 2. The zero-order chi connectivity index (χ0) is 17.0. The summed E-state index contributed by atoms with van der Waals surface area (Å²) in [7, 11) is 0. The number of nitrogens with zero attached hydrogens (tertiary/aromatic N) is 1. The molecule has 4 nitrogen and oxygen atoms in total. The molecule has 2 N–H and O–H groups in total. The zero-order valence-electron chi connectivity index (χ0n) is 13.9. The number of anilines is 1. The fourth-order valence-electron chi connectivity index (χ4n) is 3.99. The van der Waals surface area contributed by atoms with E-state index in [2.05, 4.69) is 15.5 Å². The molecule has 0 unspecified atom stereocenters. The van der Waals surface area contributed by atoms with Gasteiger partial charge in [-0.2, -0.15) is 0 Å². The van der Waals surface area contributed by atoms with E-state index in [1.165, 1.54) is 32.1 Å². The molecule has 132 valence electrons. The minimum atomic E-state index is -0.0329. The van der Waals surface area contributed by atoms with Crippen LogP contribution in [-0.2, 0) is 4.79 Å². The van der Waals surface area contributed by atoms with E-state index >= 15 is 0 Å². The van der Waals surface area contributed by atoms with Crippen LogP contribution >= 0.6 is 23.2 Å². The van der Waals surface area contributed by atoms with Crippen molar-refractivity contribution < 1.29 is 4.79 Å². The van der Waals surface area contributed by atoms with Crippen molar-refractivity contribution in [3.63, 3.8) is 0 Å². The van der Waals surface area contributed by atoms with Gasteiger partial charge in [-0.15, -0.1) is 0 Å². The number of nitrogens with one attached hydrogen (secondary N) is 2. The summed E-state index contributed by atoms with van der Waals surface area (Å²) in [5.41, 5.74) is 0.761. The molecule has 1 aromatic carbocycles. The maximum absolute atomic E-state index is 12.4. The maximum Gasteiger partial charge on any atom is 0.225 e. The van der Waals surface area contributed by atoms with E-state index in [1.54, 1.807) is 18.2 Å². The largest absolute Gasteiger partial charge is 0.324 e. The SMILES string of the molecule is O=C(CCN1CCNCC12CCCCC2)Nc1c(Cl)cccc1Cl. The Labute approximate surface area is 153 Å². The molecule has 24 heavy (non-hydrogen) atoms. The first kappa shape index (κ1) is 18.0. The van der Waals surface area contributed by atoms with Crippen LogP contribution in [-0.4, -0.2) is 42.5 Å². The first-order chi connectivity index (χ1) is 11.6. The number of rotatable bonds is 4. The average Bonchev–Trinajstić information content (AvgIpc) is 2.58. The zero-order valence-corrected chi connectivity index (χ0v) is 15.4. The van der Waals surface area contributed by atoms with Crippen molar-refractivity contribution in [1.29, 1.82) is 0 Å². The van der Waals surface area contributed by atoms with E-state index in [4.69, 9.17) is 23.2 Å². The highest BCUT2D eigenvalue weighted by Gasteiger charge is 2.39. The summed E-state index contributed by atoms with van der Waals surface area (Å²) in [6, 6.07) is 5.24. The highest BCUT2D eigenvalue weighted by Crippen LogP contribution is 2.35. The van der Waals surface area contributed by atoms with Crippen LogP contribution in [0.4, 0.5) is 5.69 Å². The van der Waals surface area contributed by atoms with Crippen LogP contribution in [0, 0.1) is 0 Å². The molecule has 1 heterocycles. The Bertz CT molecular complexity index is 559. The molecule has 1 amide bonds. The smallest absolute Gasteiger partial charge is 0.225 e. The van der Waals surface area contributed by atoms with Crippen LogP contribution in [0.3, 0.4) is 0 Å². The van der Waals surface area contributed by atoms with Crippen LogP contribution < -0.4 is 10.6 Å². The summed E-state index contributed by atoms with van der Waals surface area (Å²) in [6.45, 7) is 3.85. The molecule has 1 saturated heterocycles. The second-order valence-electron chi connectivity index (χ2n) is 6.84. The van der Waals surface area contributed by atoms with Crippen molar-refractivity contribution in [1.82, 2.24) is 10.2 Å². The molecule has 3 rings (SSSR count). The topological polar surface area (TPSA) is 44.4 Å². The van der Waals surface area contributed by atoms with Crippen molar-refractivity contribution in [2.75, 3.05) is 31.5 Å². The molecular formula is C18H25Cl2N3O. The number of para-hydroxylation sites is 1. The van der Waals surface area contributed by atoms with E-state index in [0.29, 0.717) is 22.2 Å². The van der Waals surface area contributed by atoms with Gasteiger partial charge in [-0.3, -0.25) is 9.69 Å². The first-order valence-corrected chi connectivity index (χ1v) is 9.56. The minimum Gasteiger partial charge on any atom is -0.324 e. The standard InChI is InChI=1S/C18H25Cl2N3O/c19-14-5-4-6-15(20)17(14)22-16(24)7-11-23-12-10-21-13-18(23)8-2-1-3-9-18/h4-6,21H,1-3,7-13H2,(H,22,24). The lowest BCUT2D eigenvalue weighted by atomic mass is 9.79. The number of amides is 1. The summed E-state index contributed by atoms with van der Waals surface area (Å²) in [5.74, 6) is -0.0329. The predicted octanol–water partition coefficient (Wildman–Crippen LogP) is 3.93. The van der Waals surface area contributed by atoms with Gasteiger partial charge in [0.15, 0.2) is 0 Å². The summed E-state index contributed by atoms with van der Waals surface area (Å²) in [5, 5.41) is 7.35. The van der Waals surface area contributed by atoms with E-state index < -0.39 is 0 Å². The number of benzene rings is 1. The van der Waals surface area contributed by atoms with Gasteiger partial charge < -0.3 is 10.6 Å². The Hall–Kier alpha value is -0.810. The Morgan fingerprint density at radius 2 is 1.92 bits per heavy atom. The molecule has 0 radical (unpaired) electrons. The Morgan fingerprint density at radius 1 is 1.21 bits per heavy atom. The summed E-state index contributed by atoms with van der Waals surface area (Å²) < 4.78 is 0. The fraction of sp³-hybridized carbons (Fsp3) is 0.611. The second-order valence-corrected chi connectivity index (χ2v) is 7.66. The predicted molar refractivity (Wildman–Crippen MR) is 100.0 cm³/mol. The van der Waals surface area contributed by atoms with Gasteiger partial charge in [0.05, 0.1) is 15.7 Å². The van der Waals surface area contributed by atoms with Crippen LogP contribution in [0.5, 0.6) is 0 Å². The lowest BCUT2D eigenvalue weighted by Crippen LogP contribution is -2.62.